The number of nitrogens with zero attached hydrogens (tertiary/aromatic N) is 3. The zero-order chi connectivity index (χ0) is 20.4. The highest BCUT2D eigenvalue weighted by atomic mass is 16.4. The van der Waals surface area contributed by atoms with Gasteiger partial charge in [0, 0.05) is 33.1 Å². The van der Waals surface area contributed by atoms with Gasteiger partial charge in [0.15, 0.2) is 5.96 Å². The Balaban J connectivity index is 2.72. The summed E-state index contributed by atoms with van der Waals surface area (Å²) in [4.78, 5) is 54.2. The van der Waals surface area contributed by atoms with Gasteiger partial charge in [-0.2, -0.15) is 0 Å². The van der Waals surface area contributed by atoms with Crippen molar-refractivity contribution in [3.63, 3.8) is 0 Å². The van der Waals surface area contributed by atoms with Crippen molar-refractivity contribution in [2.75, 3.05) is 33.2 Å². The number of carbonyl (C=O) groups excluding carboxylic acids is 3. The van der Waals surface area contributed by atoms with Gasteiger partial charge in [0.25, 0.3) is 0 Å². The van der Waals surface area contributed by atoms with Crippen molar-refractivity contribution in [3.8, 4) is 0 Å². The number of carbonyl (C=O) groups is 4. The molecule has 3 amide bonds. The molecular formula is C16H28N6O5. The largest absolute Gasteiger partial charge is 0.481 e. The van der Waals surface area contributed by atoms with Crippen LogP contribution in [0.25, 0.3) is 0 Å². The molecule has 1 atom stereocenters. The summed E-state index contributed by atoms with van der Waals surface area (Å²) >= 11 is 0. The average molecular weight is 384 g/mol. The smallest absolute Gasteiger partial charge is 0.305 e. The number of likely N-dealkylation sites (N-methyl/N-ethyl adjacent to an activating group) is 1. The molecule has 1 unspecified atom stereocenters. The van der Waals surface area contributed by atoms with E-state index in [4.69, 9.17) is 16.6 Å². The van der Waals surface area contributed by atoms with E-state index in [1.807, 2.05) is 0 Å². The fraction of sp³-hybridized carbons (Fsp3) is 0.688. The summed E-state index contributed by atoms with van der Waals surface area (Å²) in [6.07, 6.45) is 1.42. The second-order valence-corrected chi connectivity index (χ2v) is 6.33. The summed E-state index contributed by atoms with van der Waals surface area (Å²) in [6, 6.07) is -0.696. The predicted octanol–water partition coefficient (Wildman–Crippen LogP) is -1.92. The Bertz CT molecular complexity index is 590. The molecule has 0 aliphatic carbocycles. The molecule has 1 aliphatic rings. The van der Waals surface area contributed by atoms with Crippen LogP contribution in [0, 0.1) is 0 Å². The van der Waals surface area contributed by atoms with E-state index in [2.05, 4.69) is 10.3 Å². The molecule has 0 bridgehead atoms. The minimum absolute atomic E-state index is 0.00344. The lowest BCUT2D eigenvalue weighted by molar-refractivity contribution is -0.148. The predicted molar refractivity (Wildman–Crippen MR) is 97.5 cm³/mol. The molecular weight excluding hydrogens is 356 g/mol. The molecule has 1 heterocycles. The molecule has 152 valence electrons. The van der Waals surface area contributed by atoms with Crippen molar-refractivity contribution in [1.82, 2.24) is 15.1 Å². The van der Waals surface area contributed by atoms with Gasteiger partial charge in [-0.1, -0.05) is 0 Å². The summed E-state index contributed by atoms with van der Waals surface area (Å²) in [5.41, 5.74) is 10.6. The molecule has 0 saturated carbocycles. The minimum atomic E-state index is -1.02. The zero-order valence-corrected chi connectivity index (χ0v) is 15.5. The second kappa shape index (κ2) is 11.0. The van der Waals surface area contributed by atoms with Gasteiger partial charge in [-0.3, -0.25) is 24.2 Å². The number of nitrogens with two attached hydrogens (primary N) is 2. The Morgan fingerprint density at radius 2 is 2.04 bits per heavy atom. The first kappa shape index (κ1) is 22.2. The Morgan fingerprint density at radius 1 is 1.33 bits per heavy atom. The highest BCUT2D eigenvalue weighted by Gasteiger charge is 2.32. The van der Waals surface area contributed by atoms with Gasteiger partial charge in [0.2, 0.25) is 17.7 Å². The maximum absolute atomic E-state index is 12.9. The SMILES string of the molecule is CN1C(=O)CCCN(CC(=O)NCCC(=O)O)C(=O)C1CCCN=C(N)N. The third-order valence-electron chi connectivity index (χ3n) is 4.20. The maximum atomic E-state index is 12.9. The summed E-state index contributed by atoms with van der Waals surface area (Å²) < 4.78 is 0. The number of aliphatic imine (C=N–C) groups is 1. The molecule has 0 spiro atoms. The first-order chi connectivity index (χ1) is 12.7. The van der Waals surface area contributed by atoms with E-state index in [0.29, 0.717) is 25.8 Å². The van der Waals surface area contributed by atoms with E-state index in [1.54, 1.807) is 7.05 Å². The molecule has 6 N–H and O–H groups in total. The zero-order valence-electron chi connectivity index (χ0n) is 15.5. The van der Waals surface area contributed by atoms with E-state index < -0.39 is 17.9 Å². The van der Waals surface area contributed by atoms with Crippen LogP contribution in [0.2, 0.25) is 0 Å². The van der Waals surface area contributed by atoms with E-state index in [9.17, 15) is 19.2 Å². The van der Waals surface area contributed by atoms with Gasteiger partial charge in [0.05, 0.1) is 13.0 Å². The number of aliphatic carboxylic acids is 1. The summed E-state index contributed by atoms with van der Waals surface area (Å²) in [7, 11) is 1.57. The Kier molecular flexibility index (Phi) is 9.03. The van der Waals surface area contributed by atoms with Crippen molar-refractivity contribution < 1.29 is 24.3 Å². The third-order valence-corrected chi connectivity index (χ3v) is 4.20. The van der Waals surface area contributed by atoms with E-state index in [1.165, 1.54) is 9.80 Å². The molecule has 1 fully saturated rings. The van der Waals surface area contributed by atoms with Crippen LogP contribution in [0.15, 0.2) is 4.99 Å². The summed E-state index contributed by atoms with van der Waals surface area (Å²) in [5.74, 6) is -1.93. The maximum Gasteiger partial charge on any atom is 0.305 e. The molecule has 0 aromatic carbocycles. The summed E-state index contributed by atoms with van der Waals surface area (Å²) in [5, 5.41) is 11.1. The molecule has 0 aromatic rings. The van der Waals surface area contributed by atoms with E-state index in [-0.39, 0.29) is 50.2 Å². The number of carboxylic acids is 1. The normalized spacial score (nSPS) is 17.9. The monoisotopic (exact) mass is 384 g/mol. The van der Waals surface area contributed by atoms with Crippen LogP contribution in [-0.4, -0.2) is 83.8 Å². The summed E-state index contributed by atoms with van der Waals surface area (Å²) in [6.45, 7) is 0.445. The number of rotatable bonds is 9. The number of hydrogen-bond donors (Lipinski definition) is 4. The Labute approximate surface area is 157 Å². The average Bonchev–Trinajstić information content (AvgIpc) is 2.58. The number of nitrogens with one attached hydrogen (secondary N) is 1. The van der Waals surface area contributed by atoms with Crippen molar-refractivity contribution in [3.05, 3.63) is 0 Å². The van der Waals surface area contributed by atoms with Gasteiger partial charge >= 0.3 is 5.97 Å². The van der Waals surface area contributed by atoms with Crippen LogP contribution in [0.5, 0.6) is 0 Å². The molecule has 27 heavy (non-hydrogen) atoms. The molecule has 0 aromatic heterocycles. The molecule has 11 heteroatoms. The third kappa shape index (κ3) is 7.92. The number of hydrogen-bond acceptors (Lipinski definition) is 5. The van der Waals surface area contributed by atoms with Crippen molar-refractivity contribution >= 4 is 29.7 Å². The first-order valence-electron chi connectivity index (χ1n) is 8.80. The molecule has 1 saturated heterocycles. The van der Waals surface area contributed by atoms with Crippen LogP contribution in [-0.2, 0) is 19.2 Å². The van der Waals surface area contributed by atoms with Crippen molar-refractivity contribution in [2.45, 2.75) is 38.1 Å². The van der Waals surface area contributed by atoms with Gasteiger partial charge < -0.3 is 31.7 Å². The van der Waals surface area contributed by atoms with Crippen LogP contribution < -0.4 is 16.8 Å². The lowest BCUT2D eigenvalue weighted by Gasteiger charge is -2.35. The van der Waals surface area contributed by atoms with E-state index in [0.717, 1.165) is 0 Å². The first-order valence-corrected chi connectivity index (χ1v) is 8.80. The minimum Gasteiger partial charge on any atom is -0.481 e. The Morgan fingerprint density at radius 3 is 2.67 bits per heavy atom. The van der Waals surface area contributed by atoms with Crippen molar-refractivity contribution in [1.29, 1.82) is 0 Å². The topological polar surface area (TPSA) is 171 Å². The molecule has 1 rings (SSSR count). The van der Waals surface area contributed by atoms with Gasteiger partial charge in [0.1, 0.15) is 6.04 Å². The number of guanidine groups is 1. The van der Waals surface area contributed by atoms with Gasteiger partial charge in [-0.25, -0.2) is 0 Å². The molecule has 1 aliphatic heterocycles. The van der Waals surface area contributed by atoms with Crippen LogP contribution in [0.1, 0.15) is 32.1 Å². The Hall–Kier alpha value is -2.85. The molecule has 0 radical (unpaired) electrons. The van der Waals surface area contributed by atoms with Crippen LogP contribution in [0.4, 0.5) is 0 Å². The fourth-order valence-electron chi connectivity index (χ4n) is 2.76. The highest BCUT2D eigenvalue weighted by Crippen LogP contribution is 2.15. The molecule has 11 nitrogen and oxygen atoms in total. The lowest BCUT2D eigenvalue weighted by atomic mass is 10.0. The van der Waals surface area contributed by atoms with E-state index >= 15 is 0 Å². The van der Waals surface area contributed by atoms with Crippen LogP contribution >= 0.6 is 0 Å². The van der Waals surface area contributed by atoms with Gasteiger partial charge in [-0.05, 0) is 19.3 Å². The van der Waals surface area contributed by atoms with Gasteiger partial charge in [-0.15, -0.1) is 0 Å². The quantitative estimate of drug-likeness (QED) is 0.204. The van der Waals surface area contributed by atoms with Crippen LogP contribution in [0.3, 0.4) is 0 Å². The number of amides is 3. The standard InChI is InChI=1S/C16H28N6O5/c1-21-11(4-2-7-20-16(17)18)15(27)22(9-3-5-13(21)24)10-12(23)19-8-6-14(25)26/h11H,2-10H2,1H3,(H,19,23)(H,25,26)(H4,17,18,20). The second-order valence-electron chi connectivity index (χ2n) is 6.33. The lowest BCUT2D eigenvalue weighted by Crippen LogP contribution is -2.53. The number of carboxylic acid groups (broad SMARTS) is 1. The fourth-order valence-corrected chi connectivity index (χ4v) is 2.76. The highest BCUT2D eigenvalue weighted by molar-refractivity contribution is 5.91. The van der Waals surface area contributed by atoms with Crippen molar-refractivity contribution in [2.24, 2.45) is 16.5 Å².